The van der Waals surface area contributed by atoms with Crippen molar-refractivity contribution in [3.63, 3.8) is 0 Å². The van der Waals surface area contributed by atoms with E-state index in [0.717, 1.165) is 0 Å². The van der Waals surface area contributed by atoms with Crippen molar-refractivity contribution in [1.82, 2.24) is 5.32 Å². The molecule has 0 saturated heterocycles. The second-order valence-electron chi connectivity index (χ2n) is 5.30. The fourth-order valence-corrected chi connectivity index (χ4v) is 2.09. The van der Waals surface area contributed by atoms with Crippen LogP contribution in [0.5, 0.6) is 5.75 Å². The lowest BCUT2D eigenvalue weighted by Gasteiger charge is -2.21. The zero-order chi connectivity index (χ0) is 16.2. The molecular formula is C17H21NO4. The summed E-state index contributed by atoms with van der Waals surface area (Å²) >= 11 is 0. The predicted octanol–water partition coefficient (Wildman–Crippen LogP) is 2.62. The Kier molecular flexibility index (Phi) is 4.88. The SMILES string of the molecule is CCOc1ccccc1C(=O)NCC(C)(O)c1ccc(C)o1. The molecule has 0 bridgehead atoms. The van der Waals surface area contributed by atoms with Crippen molar-refractivity contribution in [3.05, 3.63) is 53.5 Å². The number of furan rings is 1. The van der Waals surface area contributed by atoms with Gasteiger partial charge in [0, 0.05) is 0 Å². The van der Waals surface area contributed by atoms with Gasteiger partial charge >= 0.3 is 0 Å². The molecule has 2 rings (SSSR count). The number of amides is 1. The molecule has 0 saturated carbocycles. The van der Waals surface area contributed by atoms with Gasteiger partial charge in [0.15, 0.2) is 0 Å². The van der Waals surface area contributed by atoms with E-state index in [4.69, 9.17) is 9.15 Å². The van der Waals surface area contributed by atoms with Crippen molar-refractivity contribution in [3.8, 4) is 5.75 Å². The Morgan fingerprint density at radius 2 is 2.05 bits per heavy atom. The molecule has 2 N–H and O–H groups in total. The van der Waals surface area contributed by atoms with E-state index in [1.54, 1.807) is 44.2 Å². The van der Waals surface area contributed by atoms with Gasteiger partial charge < -0.3 is 19.6 Å². The number of rotatable bonds is 6. The molecule has 0 aliphatic carbocycles. The first-order valence-corrected chi connectivity index (χ1v) is 7.23. The third-order valence-corrected chi connectivity index (χ3v) is 3.30. The van der Waals surface area contributed by atoms with Crippen LogP contribution in [-0.2, 0) is 5.60 Å². The Hall–Kier alpha value is -2.27. The van der Waals surface area contributed by atoms with Crippen molar-refractivity contribution in [1.29, 1.82) is 0 Å². The topological polar surface area (TPSA) is 71.7 Å². The van der Waals surface area contributed by atoms with Gasteiger partial charge in [0.2, 0.25) is 0 Å². The van der Waals surface area contributed by atoms with E-state index >= 15 is 0 Å². The molecule has 0 aliphatic rings. The summed E-state index contributed by atoms with van der Waals surface area (Å²) in [6, 6.07) is 10.5. The molecule has 1 heterocycles. The summed E-state index contributed by atoms with van der Waals surface area (Å²) in [6.45, 7) is 5.78. The maximum Gasteiger partial charge on any atom is 0.255 e. The van der Waals surface area contributed by atoms with Crippen molar-refractivity contribution >= 4 is 5.91 Å². The summed E-state index contributed by atoms with van der Waals surface area (Å²) in [4.78, 5) is 12.3. The molecule has 0 radical (unpaired) electrons. The quantitative estimate of drug-likeness (QED) is 0.860. The smallest absolute Gasteiger partial charge is 0.255 e. The number of para-hydroxylation sites is 1. The van der Waals surface area contributed by atoms with Gasteiger partial charge in [0.25, 0.3) is 5.91 Å². The lowest BCUT2D eigenvalue weighted by Crippen LogP contribution is -2.38. The minimum Gasteiger partial charge on any atom is -0.493 e. The number of hydrogen-bond donors (Lipinski definition) is 2. The van der Waals surface area contributed by atoms with Crippen LogP contribution in [0.2, 0.25) is 0 Å². The van der Waals surface area contributed by atoms with Crippen LogP contribution in [0.4, 0.5) is 0 Å². The van der Waals surface area contributed by atoms with E-state index in [9.17, 15) is 9.90 Å². The maximum atomic E-state index is 12.3. The molecular weight excluding hydrogens is 282 g/mol. The number of aliphatic hydroxyl groups is 1. The summed E-state index contributed by atoms with van der Waals surface area (Å²) in [6.07, 6.45) is 0. The highest BCUT2D eigenvalue weighted by atomic mass is 16.5. The van der Waals surface area contributed by atoms with Crippen LogP contribution in [0.25, 0.3) is 0 Å². The molecule has 118 valence electrons. The van der Waals surface area contributed by atoms with E-state index in [-0.39, 0.29) is 12.5 Å². The number of benzene rings is 1. The Labute approximate surface area is 129 Å². The van der Waals surface area contributed by atoms with Gasteiger partial charge in [-0.25, -0.2) is 0 Å². The highest BCUT2D eigenvalue weighted by Crippen LogP contribution is 2.23. The van der Waals surface area contributed by atoms with Crippen LogP contribution in [-0.4, -0.2) is 24.2 Å². The lowest BCUT2D eigenvalue weighted by molar-refractivity contribution is 0.0323. The van der Waals surface area contributed by atoms with Crippen molar-refractivity contribution in [2.24, 2.45) is 0 Å². The third kappa shape index (κ3) is 3.68. The number of carbonyl (C=O) groups is 1. The highest BCUT2D eigenvalue weighted by Gasteiger charge is 2.28. The van der Waals surface area contributed by atoms with E-state index in [2.05, 4.69) is 5.32 Å². The van der Waals surface area contributed by atoms with Gasteiger partial charge in [-0.3, -0.25) is 4.79 Å². The fourth-order valence-electron chi connectivity index (χ4n) is 2.09. The van der Waals surface area contributed by atoms with E-state index in [1.165, 1.54) is 0 Å². The van der Waals surface area contributed by atoms with Gasteiger partial charge in [-0.1, -0.05) is 12.1 Å². The van der Waals surface area contributed by atoms with Gasteiger partial charge in [-0.05, 0) is 45.0 Å². The molecule has 5 heteroatoms. The summed E-state index contributed by atoms with van der Waals surface area (Å²) in [7, 11) is 0. The molecule has 0 aliphatic heterocycles. The van der Waals surface area contributed by atoms with E-state index in [1.807, 2.05) is 13.0 Å². The molecule has 1 aromatic heterocycles. The Bertz CT molecular complexity index is 646. The first-order chi connectivity index (χ1) is 10.4. The summed E-state index contributed by atoms with van der Waals surface area (Å²) in [5.74, 6) is 1.36. The van der Waals surface area contributed by atoms with Crippen LogP contribution in [0, 0.1) is 6.92 Å². The number of ether oxygens (including phenoxy) is 1. The van der Waals surface area contributed by atoms with Crippen LogP contribution >= 0.6 is 0 Å². The zero-order valence-electron chi connectivity index (χ0n) is 13.1. The molecule has 5 nitrogen and oxygen atoms in total. The lowest BCUT2D eigenvalue weighted by atomic mass is 10.0. The van der Waals surface area contributed by atoms with Crippen molar-refractivity contribution in [2.75, 3.05) is 13.2 Å². The van der Waals surface area contributed by atoms with E-state index < -0.39 is 5.60 Å². The summed E-state index contributed by atoms with van der Waals surface area (Å²) in [5.41, 5.74) is -0.833. The van der Waals surface area contributed by atoms with Crippen molar-refractivity contribution in [2.45, 2.75) is 26.4 Å². The first-order valence-electron chi connectivity index (χ1n) is 7.23. The number of hydrogen-bond acceptors (Lipinski definition) is 4. The van der Waals surface area contributed by atoms with Gasteiger partial charge in [0.1, 0.15) is 22.9 Å². The number of aryl methyl sites for hydroxylation is 1. The molecule has 1 atom stereocenters. The van der Waals surface area contributed by atoms with Gasteiger partial charge in [-0.15, -0.1) is 0 Å². The predicted molar refractivity (Wildman–Crippen MR) is 83.0 cm³/mol. The van der Waals surface area contributed by atoms with E-state index in [0.29, 0.717) is 29.4 Å². The minimum absolute atomic E-state index is 0.0409. The highest BCUT2D eigenvalue weighted by molar-refractivity contribution is 5.96. The molecule has 2 aromatic rings. The first kappa shape index (κ1) is 16.1. The maximum absolute atomic E-state index is 12.3. The molecule has 0 fully saturated rings. The molecule has 1 aromatic carbocycles. The monoisotopic (exact) mass is 303 g/mol. The minimum atomic E-state index is -1.27. The second-order valence-corrected chi connectivity index (χ2v) is 5.30. The number of nitrogens with one attached hydrogen (secondary N) is 1. The van der Waals surface area contributed by atoms with Crippen LogP contribution in [0.15, 0.2) is 40.8 Å². The fraction of sp³-hybridized carbons (Fsp3) is 0.353. The Morgan fingerprint density at radius 1 is 1.32 bits per heavy atom. The normalized spacial score (nSPS) is 13.5. The zero-order valence-corrected chi connectivity index (χ0v) is 13.1. The van der Waals surface area contributed by atoms with Crippen molar-refractivity contribution < 1.29 is 19.1 Å². The molecule has 1 unspecified atom stereocenters. The largest absolute Gasteiger partial charge is 0.493 e. The summed E-state index contributed by atoms with van der Waals surface area (Å²) < 4.78 is 10.9. The Balaban J connectivity index is 2.06. The van der Waals surface area contributed by atoms with Gasteiger partial charge in [-0.2, -0.15) is 0 Å². The number of carbonyl (C=O) groups excluding carboxylic acids is 1. The molecule has 1 amide bonds. The molecule has 0 spiro atoms. The van der Waals surface area contributed by atoms with Crippen LogP contribution < -0.4 is 10.1 Å². The standard InChI is InChI=1S/C17H21NO4/c1-4-21-14-8-6-5-7-13(14)16(19)18-11-17(3,20)15-10-9-12(2)22-15/h5-10,20H,4,11H2,1-3H3,(H,18,19). The summed E-state index contributed by atoms with van der Waals surface area (Å²) in [5, 5.41) is 13.1. The van der Waals surface area contributed by atoms with Crippen LogP contribution in [0.1, 0.15) is 35.7 Å². The third-order valence-electron chi connectivity index (χ3n) is 3.30. The second kappa shape index (κ2) is 6.66. The van der Waals surface area contributed by atoms with Gasteiger partial charge in [0.05, 0.1) is 18.7 Å². The van der Waals surface area contributed by atoms with Crippen LogP contribution in [0.3, 0.4) is 0 Å². The average molecular weight is 303 g/mol. The molecule has 22 heavy (non-hydrogen) atoms. The Morgan fingerprint density at radius 3 is 2.68 bits per heavy atom. The average Bonchev–Trinajstić information content (AvgIpc) is 2.93.